The normalized spacial score (nSPS) is 19.2. The highest BCUT2D eigenvalue weighted by Gasteiger charge is 2.34. The molecule has 1 atom stereocenters. The minimum atomic E-state index is -0.0837. The number of aromatic nitrogens is 3. The van der Waals surface area contributed by atoms with Crippen LogP contribution in [0.25, 0.3) is 5.69 Å². The molecule has 3 heterocycles. The molecular weight excluding hydrogens is 350 g/mol. The Morgan fingerprint density at radius 1 is 1.11 bits per heavy atom. The van der Waals surface area contributed by atoms with E-state index in [2.05, 4.69) is 21.3 Å². The van der Waals surface area contributed by atoms with Crippen molar-refractivity contribution in [3.05, 3.63) is 71.5 Å². The third kappa shape index (κ3) is 2.99. The number of aryl methyl sites for hydroxylation is 1. The van der Waals surface area contributed by atoms with Gasteiger partial charge in [0.15, 0.2) is 5.69 Å². The van der Waals surface area contributed by atoms with E-state index in [-0.39, 0.29) is 5.91 Å². The number of rotatable bonds is 2. The van der Waals surface area contributed by atoms with E-state index >= 15 is 0 Å². The average molecular weight is 373 g/mol. The van der Waals surface area contributed by atoms with E-state index < -0.39 is 0 Å². The van der Waals surface area contributed by atoms with Crippen LogP contribution in [0.4, 0.5) is 5.69 Å². The lowest BCUT2D eigenvalue weighted by molar-refractivity contribution is 0.0976. The molecule has 28 heavy (non-hydrogen) atoms. The van der Waals surface area contributed by atoms with E-state index in [1.54, 1.807) is 10.9 Å². The van der Waals surface area contributed by atoms with E-state index in [0.29, 0.717) is 18.3 Å². The molecule has 2 aromatic carbocycles. The Kier molecular flexibility index (Phi) is 4.20. The van der Waals surface area contributed by atoms with Gasteiger partial charge in [0.1, 0.15) is 0 Å². The molecule has 0 bridgehead atoms. The van der Waals surface area contributed by atoms with E-state index in [0.717, 1.165) is 30.9 Å². The van der Waals surface area contributed by atoms with Crippen molar-refractivity contribution in [3.63, 3.8) is 0 Å². The summed E-state index contributed by atoms with van der Waals surface area (Å²) >= 11 is 0. The van der Waals surface area contributed by atoms with Gasteiger partial charge in [-0.2, -0.15) is 0 Å². The fraction of sp³-hybridized carbons (Fsp3) is 0.318. The zero-order chi connectivity index (χ0) is 19.1. The summed E-state index contributed by atoms with van der Waals surface area (Å²) in [5.74, 6) is -0.0837. The maximum absolute atomic E-state index is 13.4. The highest BCUT2D eigenvalue weighted by atomic mass is 16.2. The molecule has 1 saturated heterocycles. The van der Waals surface area contributed by atoms with E-state index in [1.165, 1.54) is 17.5 Å². The summed E-state index contributed by atoms with van der Waals surface area (Å²) in [6, 6.07) is 16.6. The van der Waals surface area contributed by atoms with Crippen LogP contribution in [0.5, 0.6) is 0 Å². The molecule has 1 aromatic heterocycles. The van der Waals surface area contributed by atoms with Gasteiger partial charge in [-0.15, -0.1) is 5.10 Å². The standard InChI is InChI=1S/C22H23N5O/c1-16-8-10-18(11-9-16)27-15-20(23-24-27)22(28)26-14-19-6-4-12-25(19)13-17-5-2-3-7-21(17)26/h2-3,5,7-11,15,19H,4,6,12-14H2,1H3. The fourth-order valence-electron chi connectivity index (χ4n) is 4.26. The van der Waals surface area contributed by atoms with Crippen molar-refractivity contribution in [2.45, 2.75) is 32.4 Å². The molecule has 3 aromatic rings. The van der Waals surface area contributed by atoms with Gasteiger partial charge in [0.05, 0.1) is 11.9 Å². The van der Waals surface area contributed by atoms with Crippen LogP contribution in [-0.4, -0.2) is 44.9 Å². The van der Waals surface area contributed by atoms with Crippen molar-refractivity contribution < 1.29 is 4.79 Å². The number of hydrogen-bond donors (Lipinski definition) is 0. The minimum absolute atomic E-state index is 0.0837. The second-order valence-corrected chi connectivity index (χ2v) is 7.69. The van der Waals surface area contributed by atoms with Gasteiger partial charge in [-0.25, -0.2) is 4.68 Å². The highest BCUT2D eigenvalue weighted by Crippen LogP contribution is 2.32. The predicted octanol–water partition coefficient (Wildman–Crippen LogP) is 3.20. The van der Waals surface area contributed by atoms with Crippen LogP contribution < -0.4 is 4.90 Å². The van der Waals surface area contributed by atoms with Gasteiger partial charge in [0.2, 0.25) is 0 Å². The zero-order valence-electron chi connectivity index (χ0n) is 16.0. The number of para-hydroxylation sites is 1. The van der Waals surface area contributed by atoms with Crippen molar-refractivity contribution in [1.29, 1.82) is 0 Å². The molecule has 1 fully saturated rings. The number of carbonyl (C=O) groups is 1. The van der Waals surface area contributed by atoms with Gasteiger partial charge in [-0.1, -0.05) is 41.1 Å². The average Bonchev–Trinajstić information content (AvgIpc) is 3.34. The molecule has 2 aliphatic heterocycles. The SMILES string of the molecule is Cc1ccc(-n2cc(C(=O)N3CC4CCCN4Cc4ccccc43)nn2)cc1. The summed E-state index contributed by atoms with van der Waals surface area (Å²) < 4.78 is 1.66. The highest BCUT2D eigenvalue weighted by molar-refractivity contribution is 6.05. The topological polar surface area (TPSA) is 54.3 Å². The first-order valence-electron chi connectivity index (χ1n) is 9.82. The van der Waals surface area contributed by atoms with Gasteiger partial charge in [-0.05, 0) is 50.1 Å². The molecule has 2 aliphatic rings. The van der Waals surface area contributed by atoms with Crippen LogP contribution in [0.3, 0.4) is 0 Å². The Morgan fingerprint density at radius 3 is 2.79 bits per heavy atom. The lowest BCUT2D eigenvalue weighted by atomic mass is 10.1. The van der Waals surface area contributed by atoms with Crippen LogP contribution in [0.2, 0.25) is 0 Å². The zero-order valence-corrected chi connectivity index (χ0v) is 16.0. The fourth-order valence-corrected chi connectivity index (χ4v) is 4.26. The first kappa shape index (κ1) is 17.1. The maximum atomic E-state index is 13.4. The monoisotopic (exact) mass is 373 g/mol. The van der Waals surface area contributed by atoms with Gasteiger partial charge >= 0.3 is 0 Å². The summed E-state index contributed by atoms with van der Waals surface area (Å²) in [5, 5.41) is 8.37. The lowest BCUT2D eigenvalue weighted by Crippen LogP contribution is -2.40. The van der Waals surface area contributed by atoms with Gasteiger partial charge in [-0.3, -0.25) is 9.69 Å². The van der Waals surface area contributed by atoms with Gasteiger partial charge in [0, 0.05) is 24.8 Å². The molecule has 0 saturated carbocycles. The largest absolute Gasteiger partial charge is 0.305 e. The predicted molar refractivity (Wildman–Crippen MR) is 108 cm³/mol. The first-order chi connectivity index (χ1) is 13.7. The molecule has 5 rings (SSSR count). The summed E-state index contributed by atoms with van der Waals surface area (Å²) in [5.41, 5.74) is 4.65. The van der Waals surface area contributed by atoms with Gasteiger partial charge in [0.25, 0.3) is 5.91 Å². The van der Waals surface area contributed by atoms with Gasteiger partial charge < -0.3 is 4.90 Å². The number of nitrogens with zero attached hydrogens (tertiary/aromatic N) is 5. The molecule has 1 amide bonds. The number of hydrogen-bond acceptors (Lipinski definition) is 4. The summed E-state index contributed by atoms with van der Waals surface area (Å²) in [6.45, 7) is 4.75. The lowest BCUT2D eigenvalue weighted by Gasteiger charge is -2.25. The summed E-state index contributed by atoms with van der Waals surface area (Å²) in [7, 11) is 0. The van der Waals surface area contributed by atoms with Crippen molar-refractivity contribution >= 4 is 11.6 Å². The van der Waals surface area contributed by atoms with Crippen molar-refractivity contribution in [2.75, 3.05) is 18.0 Å². The van der Waals surface area contributed by atoms with Crippen LogP contribution >= 0.6 is 0 Å². The van der Waals surface area contributed by atoms with Crippen LogP contribution in [0.1, 0.15) is 34.5 Å². The number of benzene rings is 2. The van der Waals surface area contributed by atoms with Crippen molar-refractivity contribution in [1.82, 2.24) is 19.9 Å². The minimum Gasteiger partial charge on any atom is -0.305 e. The number of carbonyl (C=O) groups excluding carboxylic acids is 1. The molecule has 0 radical (unpaired) electrons. The van der Waals surface area contributed by atoms with E-state index in [1.807, 2.05) is 54.3 Å². The number of amides is 1. The molecule has 1 unspecified atom stereocenters. The molecular formula is C22H23N5O. The Hall–Kier alpha value is -2.99. The third-order valence-electron chi connectivity index (χ3n) is 5.80. The Morgan fingerprint density at radius 2 is 1.93 bits per heavy atom. The van der Waals surface area contributed by atoms with Crippen LogP contribution in [-0.2, 0) is 6.54 Å². The molecule has 0 spiro atoms. The Labute approximate surface area is 164 Å². The summed E-state index contributed by atoms with van der Waals surface area (Å²) in [4.78, 5) is 17.8. The van der Waals surface area contributed by atoms with Crippen molar-refractivity contribution in [3.8, 4) is 5.69 Å². The number of anilines is 1. The smallest absolute Gasteiger partial charge is 0.280 e. The molecule has 0 aliphatic carbocycles. The Balaban J connectivity index is 1.48. The Bertz CT molecular complexity index is 1010. The quantitative estimate of drug-likeness (QED) is 0.692. The van der Waals surface area contributed by atoms with E-state index in [4.69, 9.17) is 0 Å². The maximum Gasteiger partial charge on any atom is 0.280 e. The molecule has 6 heteroatoms. The number of fused-ring (bicyclic) bond motifs is 2. The van der Waals surface area contributed by atoms with Crippen LogP contribution in [0.15, 0.2) is 54.7 Å². The molecule has 6 nitrogen and oxygen atoms in total. The summed E-state index contributed by atoms with van der Waals surface area (Å²) in [6.07, 6.45) is 4.05. The molecule has 142 valence electrons. The first-order valence-corrected chi connectivity index (χ1v) is 9.82. The second kappa shape index (κ2) is 6.87. The third-order valence-corrected chi connectivity index (χ3v) is 5.80. The van der Waals surface area contributed by atoms with Crippen LogP contribution in [0, 0.1) is 6.92 Å². The second-order valence-electron chi connectivity index (χ2n) is 7.69. The van der Waals surface area contributed by atoms with E-state index in [9.17, 15) is 4.79 Å². The molecule has 0 N–H and O–H groups in total. The van der Waals surface area contributed by atoms with Crippen molar-refractivity contribution in [2.24, 2.45) is 0 Å².